The molecule has 2 aromatic rings. The van der Waals surface area contributed by atoms with Gasteiger partial charge in [0.05, 0.1) is 0 Å². The smallest absolute Gasteiger partial charge is 0.330 e. The lowest BCUT2D eigenvalue weighted by atomic mass is 9.86. The predicted molar refractivity (Wildman–Crippen MR) is 121 cm³/mol. The summed E-state index contributed by atoms with van der Waals surface area (Å²) in [5.41, 5.74) is 2.41. The highest BCUT2D eigenvalue weighted by Gasteiger charge is 2.26. The number of benzene rings is 1. The quantitative estimate of drug-likeness (QED) is 0.459. The molecule has 0 saturated carbocycles. The van der Waals surface area contributed by atoms with Crippen molar-refractivity contribution in [3.05, 3.63) is 51.7 Å². The number of ether oxygens (including phenoxy) is 1. The fraction of sp³-hybridized carbons (Fsp3) is 0.500. The van der Waals surface area contributed by atoms with Gasteiger partial charge in [-0.2, -0.15) is 0 Å². The minimum Gasteiger partial charge on any atom is -0.425 e. The van der Waals surface area contributed by atoms with E-state index in [4.69, 9.17) is 4.74 Å². The summed E-state index contributed by atoms with van der Waals surface area (Å²) in [5.74, 6) is 0.0710. The number of esters is 1. The van der Waals surface area contributed by atoms with Gasteiger partial charge in [-0.05, 0) is 67.3 Å². The van der Waals surface area contributed by atoms with Gasteiger partial charge in [0.15, 0.2) is 0 Å². The lowest BCUT2D eigenvalue weighted by molar-refractivity contribution is -0.135. The summed E-state index contributed by atoms with van der Waals surface area (Å²) >= 11 is 1.83. The van der Waals surface area contributed by atoms with Gasteiger partial charge in [0.2, 0.25) is 5.91 Å². The van der Waals surface area contributed by atoms with Gasteiger partial charge >= 0.3 is 5.97 Å². The average molecular weight is 429 g/mol. The Balaban J connectivity index is 1.62. The van der Waals surface area contributed by atoms with Crippen LogP contribution in [0.1, 0.15) is 49.1 Å². The molecule has 1 aromatic carbocycles. The summed E-state index contributed by atoms with van der Waals surface area (Å²) in [6, 6.07) is 10.8. The third kappa shape index (κ3) is 6.16. The number of nitrogens with zero attached hydrogens (tertiary/aromatic N) is 1. The Kier molecular flexibility index (Phi) is 8.46. The second-order valence-corrected chi connectivity index (χ2v) is 8.79. The number of nitrogens with one attached hydrogen (secondary N) is 1. The first-order valence-corrected chi connectivity index (χ1v) is 11.8. The van der Waals surface area contributed by atoms with E-state index in [-0.39, 0.29) is 12.5 Å². The maximum absolute atomic E-state index is 12.1. The molecule has 1 aromatic heterocycles. The highest BCUT2D eigenvalue weighted by atomic mass is 32.1. The first-order valence-electron chi connectivity index (χ1n) is 10.9. The van der Waals surface area contributed by atoms with Crippen LogP contribution in [0.15, 0.2) is 35.7 Å². The molecular weight excluding hydrogens is 396 g/mol. The zero-order valence-corrected chi connectivity index (χ0v) is 18.8. The van der Waals surface area contributed by atoms with Crippen LogP contribution >= 0.6 is 11.3 Å². The largest absolute Gasteiger partial charge is 0.425 e. The molecule has 1 N–H and O–H groups in total. The molecule has 0 spiro atoms. The molecule has 162 valence electrons. The van der Waals surface area contributed by atoms with Gasteiger partial charge in [-0.3, -0.25) is 9.69 Å². The lowest BCUT2D eigenvalue weighted by Crippen LogP contribution is -2.41. The molecule has 1 unspecified atom stereocenters. The van der Waals surface area contributed by atoms with E-state index in [1.54, 1.807) is 6.92 Å². The number of hydrogen-bond donors (Lipinski definition) is 1. The van der Waals surface area contributed by atoms with Crippen molar-refractivity contribution in [2.45, 2.75) is 58.4 Å². The average Bonchev–Trinajstić information content (AvgIpc) is 3.28. The Labute approximate surface area is 183 Å². The van der Waals surface area contributed by atoms with Crippen LogP contribution in [0.5, 0.6) is 5.75 Å². The van der Waals surface area contributed by atoms with Crippen LogP contribution in [0.25, 0.3) is 0 Å². The van der Waals surface area contributed by atoms with Crippen LogP contribution in [0.4, 0.5) is 0 Å². The Hall–Kier alpha value is -2.18. The zero-order chi connectivity index (χ0) is 21.3. The standard InChI is InChI=1S/C24H32N2O3S/c1-3-13-26(14-12-20-8-6-15-30-20)19-10-11-21-18(16-19)7-5-9-22(21)29-24(28)17-25-23(27)4-2/h5-9,15,19H,3-4,10-14,16-17H2,1-2H3,(H,25,27). The van der Waals surface area contributed by atoms with Crippen LogP contribution in [-0.4, -0.2) is 42.5 Å². The molecule has 1 atom stereocenters. The summed E-state index contributed by atoms with van der Waals surface area (Å²) in [6.07, 6.45) is 5.56. The first-order chi connectivity index (χ1) is 14.6. The molecule has 0 fully saturated rings. The molecule has 1 aliphatic rings. The first kappa shape index (κ1) is 22.5. The number of thiophene rings is 1. The summed E-state index contributed by atoms with van der Waals surface area (Å²) < 4.78 is 5.58. The molecule has 0 radical (unpaired) electrons. The van der Waals surface area contributed by atoms with Crippen LogP contribution < -0.4 is 10.1 Å². The Bertz CT molecular complexity index is 835. The highest BCUT2D eigenvalue weighted by molar-refractivity contribution is 7.09. The van der Waals surface area contributed by atoms with Crippen molar-refractivity contribution in [2.24, 2.45) is 0 Å². The number of amides is 1. The van der Waals surface area contributed by atoms with Crippen LogP contribution in [-0.2, 0) is 28.9 Å². The minimum absolute atomic E-state index is 0.0913. The van der Waals surface area contributed by atoms with Gasteiger partial charge in [-0.25, -0.2) is 4.79 Å². The van der Waals surface area contributed by atoms with E-state index in [0.717, 1.165) is 50.8 Å². The van der Waals surface area contributed by atoms with Crippen LogP contribution in [0.2, 0.25) is 0 Å². The summed E-state index contributed by atoms with van der Waals surface area (Å²) in [5, 5.41) is 4.72. The number of carbonyl (C=O) groups is 2. The fourth-order valence-electron chi connectivity index (χ4n) is 4.09. The minimum atomic E-state index is -0.420. The maximum Gasteiger partial charge on any atom is 0.330 e. The van der Waals surface area contributed by atoms with E-state index < -0.39 is 5.97 Å². The van der Waals surface area contributed by atoms with Gasteiger partial charge in [0.1, 0.15) is 12.3 Å². The second-order valence-electron chi connectivity index (χ2n) is 7.76. The van der Waals surface area contributed by atoms with Crippen molar-refractivity contribution in [3.8, 4) is 5.75 Å². The Morgan fingerprint density at radius 2 is 2.07 bits per heavy atom. The van der Waals surface area contributed by atoms with Gasteiger partial charge < -0.3 is 10.1 Å². The predicted octanol–water partition coefficient (Wildman–Crippen LogP) is 3.99. The highest BCUT2D eigenvalue weighted by Crippen LogP contribution is 2.32. The molecule has 1 aliphatic carbocycles. The molecule has 6 heteroatoms. The molecule has 0 saturated heterocycles. The number of hydrogen-bond acceptors (Lipinski definition) is 5. The molecule has 30 heavy (non-hydrogen) atoms. The topological polar surface area (TPSA) is 58.6 Å². The molecule has 0 aliphatic heterocycles. The fourth-order valence-corrected chi connectivity index (χ4v) is 4.79. The molecule has 1 amide bonds. The van der Waals surface area contributed by atoms with E-state index in [1.165, 1.54) is 10.4 Å². The summed E-state index contributed by atoms with van der Waals surface area (Å²) in [4.78, 5) is 27.6. The molecular formula is C24H32N2O3S. The van der Waals surface area contributed by atoms with Crippen molar-refractivity contribution in [1.82, 2.24) is 10.2 Å². The maximum atomic E-state index is 12.1. The molecule has 1 heterocycles. The van der Waals surface area contributed by atoms with Crippen molar-refractivity contribution in [1.29, 1.82) is 0 Å². The SMILES string of the molecule is CCCN(CCc1cccs1)C1CCc2c(cccc2OC(=O)CNC(=O)CC)C1. The Morgan fingerprint density at radius 3 is 2.80 bits per heavy atom. The zero-order valence-electron chi connectivity index (χ0n) is 18.0. The lowest BCUT2D eigenvalue weighted by Gasteiger charge is -2.35. The van der Waals surface area contributed by atoms with Gasteiger partial charge in [-0.1, -0.05) is 32.0 Å². The summed E-state index contributed by atoms with van der Waals surface area (Å²) in [7, 11) is 0. The van der Waals surface area contributed by atoms with Gasteiger partial charge in [0.25, 0.3) is 0 Å². The third-order valence-corrected chi connectivity index (χ3v) is 6.58. The number of fused-ring (bicyclic) bond motifs is 1. The third-order valence-electron chi connectivity index (χ3n) is 5.64. The number of carbonyl (C=O) groups excluding carboxylic acids is 2. The second kappa shape index (κ2) is 11.3. The van der Waals surface area contributed by atoms with E-state index in [0.29, 0.717) is 18.2 Å². The molecule has 0 bridgehead atoms. The molecule has 5 nitrogen and oxygen atoms in total. The van der Waals surface area contributed by atoms with Crippen molar-refractivity contribution < 1.29 is 14.3 Å². The van der Waals surface area contributed by atoms with E-state index in [1.807, 2.05) is 23.5 Å². The van der Waals surface area contributed by atoms with E-state index >= 15 is 0 Å². The van der Waals surface area contributed by atoms with Crippen molar-refractivity contribution in [2.75, 3.05) is 19.6 Å². The van der Waals surface area contributed by atoms with Crippen molar-refractivity contribution >= 4 is 23.2 Å². The van der Waals surface area contributed by atoms with Crippen LogP contribution in [0, 0.1) is 0 Å². The van der Waals surface area contributed by atoms with Crippen LogP contribution in [0.3, 0.4) is 0 Å². The summed E-state index contributed by atoms with van der Waals surface area (Å²) in [6.45, 7) is 6.10. The normalized spacial score (nSPS) is 15.6. The van der Waals surface area contributed by atoms with E-state index in [9.17, 15) is 9.59 Å². The molecule has 3 rings (SSSR count). The Morgan fingerprint density at radius 1 is 1.20 bits per heavy atom. The van der Waals surface area contributed by atoms with Gasteiger partial charge in [0, 0.05) is 23.9 Å². The van der Waals surface area contributed by atoms with Gasteiger partial charge in [-0.15, -0.1) is 11.3 Å². The monoisotopic (exact) mass is 428 g/mol. The van der Waals surface area contributed by atoms with Crippen molar-refractivity contribution in [3.63, 3.8) is 0 Å². The number of rotatable bonds is 10. The van der Waals surface area contributed by atoms with E-state index in [2.05, 4.69) is 40.7 Å².